The Morgan fingerprint density at radius 1 is 1.18 bits per heavy atom. The van der Waals surface area contributed by atoms with Crippen LogP contribution in [0.25, 0.3) is 5.82 Å². The second kappa shape index (κ2) is 13.3. The normalized spacial score (nSPS) is 14.0. The molecule has 1 fully saturated rings. The van der Waals surface area contributed by atoms with Crippen LogP contribution in [0.15, 0.2) is 46.1 Å². The van der Waals surface area contributed by atoms with Crippen LogP contribution in [0.2, 0.25) is 0 Å². The number of hydrogen-bond donors (Lipinski definition) is 2. The Balaban J connectivity index is 1.30. The van der Waals surface area contributed by atoms with Gasteiger partial charge < -0.3 is 20.1 Å². The quantitative estimate of drug-likeness (QED) is 0.0837. The van der Waals surface area contributed by atoms with Gasteiger partial charge in [0.25, 0.3) is 11.6 Å². The molecule has 2 aromatic heterocycles. The number of esters is 1. The molecule has 0 radical (unpaired) electrons. The molecule has 1 aliphatic heterocycles. The maximum Gasteiger partial charge on any atom is 0.344 e. The Hall–Kier alpha value is -5.75. The summed E-state index contributed by atoms with van der Waals surface area (Å²) in [6, 6.07) is 8.74. The summed E-state index contributed by atoms with van der Waals surface area (Å²) in [4.78, 5) is 41.0. The average molecular weight is 620 g/mol. The van der Waals surface area contributed by atoms with Gasteiger partial charge in [-0.15, -0.1) is 5.10 Å². The fraction of sp³-hybridized carbons (Fsp3) is 0.296. The largest absolute Gasteiger partial charge is 0.493 e. The number of likely N-dealkylation sites (N-methyl/N-ethyl adjacent to an activating group) is 1. The maximum absolute atomic E-state index is 13.2. The van der Waals surface area contributed by atoms with E-state index in [1.54, 1.807) is 6.07 Å². The summed E-state index contributed by atoms with van der Waals surface area (Å²) in [5.74, 6) is -1.02. The summed E-state index contributed by atoms with van der Waals surface area (Å²) in [6.45, 7) is 5.06. The topological polar surface area (TPSA) is 222 Å². The number of nitro benzene ring substituents is 1. The summed E-state index contributed by atoms with van der Waals surface area (Å²) in [5.41, 5.74) is 9.30. The molecule has 1 saturated heterocycles. The Morgan fingerprint density at radius 3 is 2.64 bits per heavy atom. The molecule has 4 aromatic rings. The number of ether oxygens (including phenoxy) is 2. The molecule has 2 aromatic carbocycles. The Morgan fingerprint density at radius 2 is 1.96 bits per heavy atom. The van der Waals surface area contributed by atoms with E-state index in [9.17, 15) is 19.7 Å². The third-order valence-corrected chi connectivity index (χ3v) is 7.14. The van der Waals surface area contributed by atoms with Crippen molar-refractivity contribution in [3.63, 3.8) is 0 Å². The maximum atomic E-state index is 13.2. The molecular formula is C27H29N11O7. The SMILES string of the molecule is COc1cc(/C=N/NC(=O)c2nnn(-c3nonc3N)c2CN2CCN(C)CC2)ccc1OC(=O)c1cccc([N+](=O)[O-])c1C. The van der Waals surface area contributed by atoms with E-state index < -0.39 is 16.8 Å². The number of piperazine rings is 1. The zero-order chi connectivity index (χ0) is 32.1. The van der Waals surface area contributed by atoms with Crippen LogP contribution in [0, 0.1) is 17.0 Å². The fourth-order valence-electron chi connectivity index (χ4n) is 4.61. The van der Waals surface area contributed by atoms with Crippen LogP contribution in [0.5, 0.6) is 11.5 Å². The lowest BCUT2D eigenvalue weighted by molar-refractivity contribution is -0.385. The van der Waals surface area contributed by atoms with Gasteiger partial charge in [-0.25, -0.2) is 14.8 Å². The van der Waals surface area contributed by atoms with E-state index in [2.05, 4.69) is 41.0 Å². The van der Waals surface area contributed by atoms with E-state index in [1.807, 2.05) is 7.05 Å². The number of carbonyl (C=O) groups is 2. The van der Waals surface area contributed by atoms with Crippen LogP contribution in [-0.4, -0.2) is 98.5 Å². The molecule has 3 heterocycles. The number of benzene rings is 2. The van der Waals surface area contributed by atoms with Gasteiger partial charge >= 0.3 is 5.97 Å². The number of hydrazone groups is 1. The summed E-state index contributed by atoms with van der Waals surface area (Å²) >= 11 is 0. The first-order valence-electron chi connectivity index (χ1n) is 13.6. The number of methoxy groups -OCH3 is 1. The van der Waals surface area contributed by atoms with Crippen LogP contribution >= 0.6 is 0 Å². The van der Waals surface area contributed by atoms with Crippen molar-refractivity contribution in [2.45, 2.75) is 13.5 Å². The number of nitrogens with one attached hydrogen (secondary N) is 1. The third kappa shape index (κ3) is 6.76. The van der Waals surface area contributed by atoms with Crippen LogP contribution in [0.1, 0.15) is 37.7 Å². The smallest absolute Gasteiger partial charge is 0.344 e. The molecule has 3 N–H and O–H groups in total. The molecule has 1 aliphatic rings. The number of rotatable bonds is 10. The van der Waals surface area contributed by atoms with Crippen molar-refractivity contribution in [1.82, 2.24) is 40.5 Å². The monoisotopic (exact) mass is 619 g/mol. The first-order valence-corrected chi connectivity index (χ1v) is 13.6. The first kappa shape index (κ1) is 30.7. The lowest BCUT2D eigenvalue weighted by atomic mass is 10.1. The highest BCUT2D eigenvalue weighted by Gasteiger charge is 2.27. The highest BCUT2D eigenvalue weighted by atomic mass is 16.6. The number of aromatic nitrogens is 5. The van der Waals surface area contributed by atoms with E-state index in [-0.39, 0.29) is 45.6 Å². The molecule has 18 heteroatoms. The van der Waals surface area contributed by atoms with Gasteiger partial charge in [-0.2, -0.15) is 9.78 Å². The number of anilines is 1. The Kier molecular flexibility index (Phi) is 9.05. The van der Waals surface area contributed by atoms with Crippen molar-refractivity contribution in [2.24, 2.45) is 5.10 Å². The van der Waals surface area contributed by atoms with Crippen LogP contribution < -0.4 is 20.6 Å². The minimum absolute atomic E-state index is 0.00667. The van der Waals surface area contributed by atoms with Crippen molar-refractivity contribution in [2.75, 3.05) is 46.1 Å². The number of nitro groups is 1. The Bertz CT molecular complexity index is 1760. The van der Waals surface area contributed by atoms with E-state index in [0.717, 1.165) is 26.2 Å². The zero-order valence-corrected chi connectivity index (χ0v) is 24.5. The standard InChI is InChI=1S/C27H29N11O7/c1-16-18(5-4-6-19(16)38(41)42)27(40)44-21-8-7-17(13-22(21)43-3)14-29-31-26(39)23-20(15-36-11-9-35(2)10-12-36)37(34-30-23)25-24(28)32-45-33-25/h4-8,13-14H,9-12,15H2,1-3H3,(H2,28,32)(H,31,39)/b29-14+. The number of amides is 1. The summed E-state index contributed by atoms with van der Waals surface area (Å²) in [5, 5.41) is 30.8. The predicted molar refractivity (Wildman–Crippen MR) is 157 cm³/mol. The number of hydrogen-bond acceptors (Lipinski definition) is 15. The van der Waals surface area contributed by atoms with Gasteiger partial charge in [-0.3, -0.25) is 19.8 Å². The predicted octanol–water partition coefficient (Wildman–Crippen LogP) is 1.19. The van der Waals surface area contributed by atoms with Crippen LogP contribution in [0.3, 0.4) is 0 Å². The minimum atomic E-state index is -0.785. The van der Waals surface area contributed by atoms with Gasteiger partial charge in [0, 0.05) is 44.4 Å². The highest BCUT2D eigenvalue weighted by molar-refractivity contribution is 5.95. The third-order valence-electron chi connectivity index (χ3n) is 7.14. The number of carbonyl (C=O) groups excluding carboxylic acids is 2. The molecule has 234 valence electrons. The van der Waals surface area contributed by atoms with Gasteiger partial charge in [0.05, 0.1) is 29.5 Å². The van der Waals surface area contributed by atoms with Gasteiger partial charge in [0.2, 0.25) is 11.6 Å². The van der Waals surface area contributed by atoms with Crippen molar-refractivity contribution < 1.29 is 28.6 Å². The van der Waals surface area contributed by atoms with Gasteiger partial charge in [0.1, 0.15) is 0 Å². The van der Waals surface area contributed by atoms with Crippen molar-refractivity contribution >= 4 is 29.6 Å². The van der Waals surface area contributed by atoms with Gasteiger partial charge in [0.15, 0.2) is 17.2 Å². The van der Waals surface area contributed by atoms with E-state index in [0.29, 0.717) is 17.8 Å². The molecule has 0 saturated carbocycles. The Labute approximate surface area is 255 Å². The summed E-state index contributed by atoms with van der Waals surface area (Å²) < 4.78 is 16.9. The molecule has 5 rings (SSSR count). The van der Waals surface area contributed by atoms with Crippen molar-refractivity contribution in [1.29, 1.82) is 0 Å². The number of nitrogen functional groups attached to an aromatic ring is 1. The van der Waals surface area contributed by atoms with Crippen molar-refractivity contribution in [3.8, 4) is 17.3 Å². The fourth-order valence-corrected chi connectivity index (χ4v) is 4.61. The molecule has 18 nitrogen and oxygen atoms in total. The molecule has 45 heavy (non-hydrogen) atoms. The molecule has 0 spiro atoms. The molecule has 0 atom stereocenters. The van der Waals surface area contributed by atoms with Crippen LogP contribution in [0.4, 0.5) is 11.5 Å². The summed E-state index contributed by atoms with van der Waals surface area (Å²) in [7, 11) is 3.43. The van der Waals surface area contributed by atoms with Gasteiger partial charge in [-0.05, 0) is 54.1 Å². The first-order chi connectivity index (χ1) is 21.7. The van der Waals surface area contributed by atoms with Gasteiger partial charge in [-0.1, -0.05) is 11.3 Å². The highest BCUT2D eigenvalue weighted by Crippen LogP contribution is 2.30. The number of nitrogens with two attached hydrogens (primary N) is 1. The second-order valence-corrected chi connectivity index (χ2v) is 10.1. The molecule has 0 bridgehead atoms. The number of nitrogens with zero attached hydrogens (tertiary/aromatic N) is 9. The molecule has 0 unspecified atom stereocenters. The minimum Gasteiger partial charge on any atom is -0.493 e. The lowest BCUT2D eigenvalue weighted by Gasteiger charge is -2.32. The molecule has 1 amide bonds. The van der Waals surface area contributed by atoms with E-state index >= 15 is 0 Å². The van der Waals surface area contributed by atoms with E-state index in [4.69, 9.17) is 19.8 Å². The lowest BCUT2D eigenvalue weighted by Crippen LogP contribution is -2.44. The average Bonchev–Trinajstić information content (AvgIpc) is 3.64. The molecular weight excluding hydrogens is 590 g/mol. The second-order valence-electron chi connectivity index (χ2n) is 10.1. The summed E-state index contributed by atoms with van der Waals surface area (Å²) in [6.07, 6.45) is 1.36. The zero-order valence-electron chi connectivity index (χ0n) is 24.5. The molecule has 0 aliphatic carbocycles. The van der Waals surface area contributed by atoms with Crippen molar-refractivity contribution in [3.05, 3.63) is 74.6 Å². The van der Waals surface area contributed by atoms with E-state index in [1.165, 1.54) is 55.3 Å². The van der Waals surface area contributed by atoms with Crippen LogP contribution in [-0.2, 0) is 6.54 Å².